The highest BCUT2D eigenvalue weighted by Gasteiger charge is 2.16. The molecule has 1 aromatic rings. The zero-order chi connectivity index (χ0) is 12.1. The third-order valence-electron chi connectivity index (χ3n) is 2.90. The molecule has 0 aliphatic carbocycles. The molecule has 94 valence electrons. The molecule has 3 nitrogen and oxygen atoms in total. The van der Waals surface area contributed by atoms with Crippen LogP contribution in [0.2, 0.25) is 0 Å². The van der Waals surface area contributed by atoms with Gasteiger partial charge in [0.2, 0.25) is 0 Å². The number of aromatic nitrogens is 1. The minimum atomic E-state index is -0.733. The molecule has 17 heavy (non-hydrogen) atoms. The second-order valence-electron chi connectivity index (χ2n) is 4.40. The highest BCUT2D eigenvalue weighted by molar-refractivity contribution is 7.99. The Kier molecular flexibility index (Phi) is 4.86. The quantitative estimate of drug-likeness (QED) is 0.894. The van der Waals surface area contributed by atoms with Crippen molar-refractivity contribution in [3.8, 4) is 0 Å². The second-order valence-corrected chi connectivity index (χ2v) is 6.75. The van der Waals surface area contributed by atoms with Crippen molar-refractivity contribution < 1.29 is 9.90 Å². The lowest BCUT2D eigenvalue weighted by molar-refractivity contribution is -0.136. The van der Waals surface area contributed by atoms with Crippen molar-refractivity contribution in [1.82, 2.24) is 4.98 Å². The molecule has 2 rings (SSSR count). The van der Waals surface area contributed by atoms with Gasteiger partial charge in [0, 0.05) is 17.5 Å². The largest absolute Gasteiger partial charge is 0.481 e. The van der Waals surface area contributed by atoms with Crippen LogP contribution in [0.15, 0.2) is 6.20 Å². The predicted molar refractivity (Wildman–Crippen MR) is 71.8 cm³/mol. The van der Waals surface area contributed by atoms with Crippen molar-refractivity contribution in [3.05, 3.63) is 16.1 Å². The van der Waals surface area contributed by atoms with E-state index in [1.807, 2.05) is 18.0 Å². The normalized spacial score (nSPS) is 20.4. The number of carboxylic acids is 1. The van der Waals surface area contributed by atoms with Crippen molar-refractivity contribution >= 4 is 29.1 Å². The maximum Gasteiger partial charge on any atom is 0.303 e. The third kappa shape index (κ3) is 4.32. The Morgan fingerprint density at radius 2 is 2.47 bits per heavy atom. The van der Waals surface area contributed by atoms with Crippen LogP contribution in [-0.4, -0.2) is 27.6 Å². The fraction of sp³-hybridized carbons (Fsp3) is 0.667. The standard InChI is InChI=1S/C12H17NO2S2/c14-12(15)4-3-10-7-13-11(17-10)6-9-2-1-5-16-8-9/h7,9H,1-6,8H2,(H,14,15). The molecule has 0 amide bonds. The molecule has 1 aliphatic rings. The zero-order valence-corrected chi connectivity index (χ0v) is 11.4. The topological polar surface area (TPSA) is 50.2 Å². The van der Waals surface area contributed by atoms with Crippen molar-refractivity contribution in [3.63, 3.8) is 0 Å². The van der Waals surface area contributed by atoms with Gasteiger partial charge in [-0.05, 0) is 36.7 Å². The van der Waals surface area contributed by atoms with Crippen LogP contribution in [-0.2, 0) is 17.6 Å². The average molecular weight is 271 g/mol. The fourth-order valence-corrected chi connectivity index (χ4v) is 4.20. The van der Waals surface area contributed by atoms with E-state index in [0.717, 1.165) is 17.2 Å². The van der Waals surface area contributed by atoms with Crippen LogP contribution in [0, 0.1) is 5.92 Å². The first-order valence-electron chi connectivity index (χ1n) is 5.97. The van der Waals surface area contributed by atoms with Gasteiger partial charge in [-0.3, -0.25) is 4.79 Å². The highest BCUT2D eigenvalue weighted by atomic mass is 32.2. The van der Waals surface area contributed by atoms with Gasteiger partial charge in [0.25, 0.3) is 0 Å². The number of hydrogen-bond acceptors (Lipinski definition) is 4. The first kappa shape index (κ1) is 12.9. The number of thioether (sulfide) groups is 1. The van der Waals surface area contributed by atoms with E-state index >= 15 is 0 Å². The van der Waals surface area contributed by atoms with E-state index in [1.54, 1.807) is 11.3 Å². The van der Waals surface area contributed by atoms with Crippen LogP contribution in [0.3, 0.4) is 0 Å². The Hall–Kier alpha value is -0.550. The van der Waals surface area contributed by atoms with Crippen LogP contribution in [0.1, 0.15) is 29.1 Å². The number of thiazole rings is 1. The molecule has 1 fully saturated rings. The summed E-state index contributed by atoms with van der Waals surface area (Å²) in [5, 5.41) is 9.80. The van der Waals surface area contributed by atoms with E-state index in [9.17, 15) is 4.79 Å². The summed E-state index contributed by atoms with van der Waals surface area (Å²) in [6.45, 7) is 0. The van der Waals surface area contributed by atoms with E-state index in [4.69, 9.17) is 5.11 Å². The molecule has 5 heteroatoms. The number of rotatable bonds is 5. The van der Waals surface area contributed by atoms with Gasteiger partial charge in [-0.1, -0.05) is 0 Å². The average Bonchev–Trinajstić information content (AvgIpc) is 2.75. The summed E-state index contributed by atoms with van der Waals surface area (Å²) in [6, 6.07) is 0. The van der Waals surface area contributed by atoms with Crippen molar-refractivity contribution in [2.75, 3.05) is 11.5 Å². The number of aryl methyl sites for hydroxylation is 1. The molecule has 1 saturated heterocycles. The Morgan fingerprint density at radius 3 is 3.18 bits per heavy atom. The fourth-order valence-electron chi connectivity index (χ4n) is 2.00. The second kappa shape index (κ2) is 6.40. The Morgan fingerprint density at radius 1 is 1.59 bits per heavy atom. The van der Waals surface area contributed by atoms with Gasteiger partial charge in [0.1, 0.15) is 0 Å². The number of hydrogen-bond donors (Lipinski definition) is 1. The lowest BCUT2D eigenvalue weighted by Crippen LogP contribution is -2.12. The summed E-state index contributed by atoms with van der Waals surface area (Å²) in [4.78, 5) is 16.0. The lowest BCUT2D eigenvalue weighted by atomic mass is 10.0. The van der Waals surface area contributed by atoms with Crippen molar-refractivity contribution in [2.24, 2.45) is 5.92 Å². The molecule has 1 N–H and O–H groups in total. The minimum Gasteiger partial charge on any atom is -0.481 e. The molecule has 0 radical (unpaired) electrons. The van der Waals surface area contributed by atoms with E-state index in [-0.39, 0.29) is 6.42 Å². The highest BCUT2D eigenvalue weighted by Crippen LogP contribution is 2.27. The first-order valence-corrected chi connectivity index (χ1v) is 7.94. The summed E-state index contributed by atoms with van der Waals surface area (Å²) in [7, 11) is 0. The van der Waals surface area contributed by atoms with E-state index in [0.29, 0.717) is 6.42 Å². The van der Waals surface area contributed by atoms with Crippen LogP contribution in [0.4, 0.5) is 0 Å². The molecule has 1 aliphatic heterocycles. The minimum absolute atomic E-state index is 0.209. The van der Waals surface area contributed by atoms with Gasteiger partial charge in [-0.15, -0.1) is 11.3 Å². The molecular formula is C12H17NO2S2. The van der Waals surface area contributed by atoms with E-state index < -0.39 is 5.97 Å². The van der Waals surface area contributed by atoms with Crippen molar-refractivity contribution in [2.45, 2.75) is 32.1 Å². The SMILES string of the molecule is O=C(O)CCc1cnc(CC2CCCSC2)s1. The Bertz CT molecular complexity index is 372. The number of aliphatic carboxylic acids is 1. The van der Waals surface area contributed by atoms with Gasteiger partial charge in [-0.2, -0.15) is 11.8 Å². The van der Waals surface area contributed by atoms with Crippen LogP contribution in [0.25, 0.3) is 0 Å². The maximum absolute atomic E-state index is 10.5. The molecule has 0 aromatic carbocycles. The van der Waals surface area contributed by atoms with Crippen molar-refractivity contribution in [1.29, 1.82) is 0 Å². The van der Waals surface area contributed by atoms with Gasteiger partial charge in [0.05, 0.1) is 11.4 Å². The lowest BCUT2D eigenvalue weighted by Gasteiger charge is -2.19. The summed E-state index contributed by atoms with van der Waals surface area (Å²) < 4.78 is 0. The molecule has 1 unspecified atom stereocenters. The van der Waals surface area contributed by atoms with Crippen LogP contribution < -0.4 is 0 Å². The zero-order valence-electron chi connectivity index (χ0n) is 9.72. The molecule has 1 atom stereocenters. The van der Waals surface area contributed by atoms with Crippen LogP contribution >= 0.6 is 23.1 Å². The number of carboxylic acid groups (broad SMARTS) is 1. The Balaban J connectivity index is 1.82. The predicted octanol–water partition coefficient (Wildman–Crippen LogP) is 2.85. The maximum atomic E-state index is 10.5. The summed E-state index contributed by atoms with van der Waals surface area (Å²) >= 11 is 3.73. The van der Waals surface area contributed by atoms with E-state index in [2.05, 4.69) is 4.98 Å². The smallest absolute Gasteiger partial charge is 0.303 e. The summed E-state index contributed by atoms with van der Waals surface area (Å²) in [5.74, 6) is 2.60. The van der Waals surface area contributed by atoms with Gasteiger partial charge >= 0.3 is 5.97 Å². The molecule has 2 heterocycles. The Labute approximate surface area is 110 Å². The molecule has 0 saturated carbocycles. The summed E-state index contributed by atoms with van der Waals surface area (Å²) in [5.41, 5.74) is 0. The monoisotopic (exact) mass is 271 g/mol. The first-order chi connectivity index (χ1) is 8.24. The number of nitrogens with zero attached hydrogens (tertiary/aromatic N) is 1. The summed E-state index contributed by atoms with van der Waals surface area (Å²) in [6.07, 6.45) is 6.39. The van der Waals surface area contributed by atoms with Gasteiger partial charge in [0.15, 0.2) is 0 Å². The molecule has 0 bridgehead atoms. The molecule has 1 aromatic heterocycles. The van der Waals surface area contributed by atoms with Crippen LogP contribution in [0.5, 0.6) is 0 Å². The molecular weight excluding hydrogens is 254 g/mol. The molecule has 0 spiro atoms. The third-order valence-corrected chi connectivity index (χ3v) is 5.27. The van der Waals surface area contributed by atoms with Gasteiger partial charge in [-0.25, -0.2) is 4.98 Å². The van der Waals surface area contributed by atoms with Gasteiger partial charge < -0.3 is 5.11 Å². The van der Waals surface area contributed by atoms with E-state index in [1.165, 1.54) is 29.4 Å². The number of carbonyl (C=O) groups is 1.